The normalized spacial score (nSPS) is 14.2. The lowest BCUT2D eigenvalue weighted by atomic mass is 10.1. The second kappa shape index (κ2) is 15.8. The molecule has 0 fully saturated rings. The fraction of sp³-hybridized carbons (Fsp3) is 0.500. The maximum atomic E-state index is 9.95. The van der Waals surface area contributed by atoms with E-state index >= 15 is 0 Å². The van der Waals surface area contributed by atoms with Crippen LogP contribution in [0.1, 0.15) is 58.3 Å². The number of allylic oxidation sites excluding steroid dienone is 6. The molecule has 0 aromatic heterocycles. The summed E-state index contributed by atoms with van der Waals surface area (Å²) < 4.78 is 0. The third kappa shape index (κ3) is 12.4. The Labute approximate surface area is 146 Å². The summed E-state index contributed by atoms with van der Waals surface area (Å²) in [7, 11) is 0. The number of aliphatic hydroxyl groups is 2. The summed E-state index contributed by atoms with van der Waals surface area (Å²) in [6.45, 7) is 5.81. The maximum absolute atomic E-state index is 9.95. The SMILES string of the molecule is C=CCC/C=C\C/C([N+]#N)=C(\O)CC(O)/C=C/C=C/CCCCC. The molecule has 0 aromatic carbocycles. The highest BCUT2D eigenvalue weighted by Gasteiger charge is 2.18. The van der Waals surface area contributed by atoms with E-state index in [1.54, 1.807) is 12.2 Å². The van der Waals surface area contributed by atoms with Crippen molar-refractivity contribution in [1.82, 2.24) is 0 Å². The Balaban J connectivity index is 4.32. The van der Waals surface area contributed by atoms with Crippen molar-refractivity contribution in [1.29, 1.82) is 5.39 Å². The van der Waals surface area contributed by atoms with Crippen LogP contribution in [0, 0.1) is 5.39 Å². The molecule has 132 valence electrons. The molecule has 0 saturated carbocycles. The van der Waals surface area contributed by atoms with Crippen LogP contribution in [-0.2, 0) is 0 Å². The van der Waals surface area contributed by atoms with Crippen LogP contribution in [0.2, 0.25) is 0 Å². The maximum Gasteiger partial charge on any atom is 0.402 e. The fourth-order valence-electron chi connectivity index (χ4n) is 2.01. The molecule has 2 N–H and O–H groups in total. The minimum atomic E-state index is -0.813. The van der Waals surface area contributed by atoms with E-state index in [1.807, 2.05) is 24.3 Å². The number of aliphatic hydroxyl groups excluding tert-OH is 2. The Bertz CT molecular complexity index is 496. The highest BCUT2D eigenvalue weighted by Crippen LogP contribution is 2.15. The van der Waals surface area contributed by atoms with Crippen molar-refractivity contribution in [2.45, 2.75) is 64.4 Å². The number of unbranched alkanes of at least 4 members (excludes halogenated alkanes) is 4. The summed E-state index contributed by atoms with van der Waals surface area (Å²) in [5, 5.41) is 28.8. The average molecular weight is 331 g/mol. The van der Waals surface area contributed by atoms with Gasteiger partial charge in [0.2, 0.25) is 5.39 Å². The average Bonchev–Trinajstić information content (AvgIpc) is 2.57. The minimum absolute atomic E-state index is 0.0278. The van der Waals surface area contributed by atoms with Crippen LogP contribution >= 0.6 is 0 Å². The first-order valence-corrected chi connectivity index (χ1v) is 8.69. The van der Waals surface area contributed by atoms with Crippen molar-refractivity contribution in [2.24, 2.45) is 0 Å². The second-order valence-electron chi connectivity index (χ2n) is 5.62. The Kier molecular flexibility index (Phi) is 14.4. The van der Waals surface area contributed by atoms with Crippen LogP contribution in [-0.4, -0.2) is 16.3 Å². The number of rotatable bonds is 13. The summed E-state index contributed by atoms with van der Waals surface area (Å²) >= 11 is 0. The Hall–Kier alpha value is -2.12. The quantitative estimate of drug-likeness (QED) is 0.144. The first-order valence-electron chi connectivity index (χ1n) is 8.69. The third-order valence-electron chi connectivity index (χ3n) is 3.43. The van der Waals surface area contributed by atoms with Gasteiger partial charge in [-0.25, -0.2) is 0 Å². The van der Waals surface area contributed by atoms with E-state index in [1.165, 1.54) is 19.3 Å². The highest BCUT2D eigenvalue weighted by atomic mass is 16.3. The van der Waals surface area contributed by atoms with E-state index in [9.17, 15) is 10.2 Å². The van der Waals surface area contributed by atoms with Crippen LogP contribution in [0.3, 0.4) is 0 Å². The van der Waals surface area contributed by atoms with Crippen LogP contribution in [0.25, 0.3) is 4.98 Å². The molecule has 4 nitrogen and oxygen atoms in total. The molecule has 0 aromatic rings. The fourth-order valence-corrected chi connectivity index (χ4v) is 2.01. The first kappa shape index (κ1) is 21.9. The van der Waals surface area contributed by atoms with Gasteiger partial charge in [0.05, 0.1) is 12.5 Å². The first-order chi connectivity index (χ1) is 11.7. The van der Waals surface area contributed by atoms with Gasteiger partial charge in [0.1, 0.15) is 0 Å². The summed E-state index contributed by atoms with van der Waals surface area (Å²) in [5.74, 6) is -0.102. The van der Waals surface area contributed by atoms with Crippen LogP contribution in [0.4, 0.5) is 0 Å². The van der Waals surface area contributed by atoms with Gasteiger partial charge in [-0.2, -0.15) is 0 Å². The predicted molar refractivity (Wildman–Crippen MR) is 101 cm³/mol. The van der Waals surface area contributed by atoms with Crippen molar-refractivity contribution < 1.29 is 10.2 Å². The summed E-state index contributed by atoms with van der Waals surface area (Å²) in [4.78, 5) is 3.11. The van der Waals surface area contributed by atoms with Crippen LogP contribution < -0.4 is 0 Å². The summed E-state index contributed by atoms with van der Waals surface area (Å²) in [5.41, 5.74) is 0.174. The largest absolute Gasteiger partial charge is 0.505 e. The van der Waals surface area contributed by atoms with E-state index in [2.05, 4.69) is 24.6 Å². The predicted octanol–water partition coefficient (Wildman–Crippen LogP) is 5.97. The lowest BCUT2D eigenvalue weighted by molar-refractivity contribution is 0.201. The molecule has 0 aliphatic carbocycles. The zero-order valence-corrected chi connectivity index (χ0v) is 14.8. The van der Waals surface area contributed by atoms with Gasteiger partial charge < -0.3 is 10.2 Å². The van der Waals surface area contributed by atoms with Crippen LogP contribution in [0.5, 0.6) is 0 Å². The zero-order valence-electron chi connectivity index (χ0n) is 14.8. The van der Waals surface area contributed by atoms with Gasteiger partial charge in [-0.15, -0.1) is 6.58 Å². The van der Waals surface area contributed by atoms with E-state index in [4.69, 9.17) is 5.39 Å². The molecule has 0 radical (unpaired) electrons. The smallest absolute Gasteiger partial charge is 0.402 e. The van der Waals surface area contributed by atoms with Crippen molar-refractivity contribution in [3.63, 3.8) is 0 Å². The topological polar surface area (TPSA) is 68.6 Å². The molecule has 0 amide bonds. The molecule has 1 unspecified atom stereocenters. The molecular formula is C20H31N2O2+. The molecule has 0 aliphatic heterocycles. The van der Waals surface area contributed by atoms with Crippen molar-refractivity contribution in [3.05, 3.63) is 65.5 Å². The Morgan fingerprint density at radius 3 is 2.58 bits per heavy atom. The Morgan fingerprint density at radius 1 is 1.12 bits per heavy atom. The van der Waals surface area contributed by atoms with Crippen molar-refractivity contribution in [2.75, 3.05) is 0 Å². The molecule has 0 spiro atoms. The molecule has 0 aliphatic rings. The van der Waals surface area contributed by atoms with Gasteiger partial charge in [0.15, 0.2) is 10.7 Å². The molecule has 24 heavy (non-hydrogen) atoms. The van der Waals surface area contributed by atoms with Crippen molar-refractivity contribution in [3.8, 4) is 0 Å². The van der Waals surface area contributed by atoms with E-state index in [-0.39, 0.29) is 17.9 Å². The van der Waals surface area contributed by atoms with Gasteiger partial charge in [0.25, 0.3) is 0 Å². The number of diazo groups is 1. The molecular weight excluding hydrogens is 300 g/mol. The number of hydrogen-bond donors (Lipinski definition) is 2. The number of nitrogens with zero attached hydrogens (tertiary/aromatic N) is 2. The van der Waals surface area contributed by atoms with Gasteiger partial charge in [0, 0.05) is 6.42 Å². The van der Waals surface area contributed by atoms with Gasteiger partial charge in [-0.05, 0) is 25.7 Å². The summed E-state index contributed by atoms with van der Waals surface area (Å²) in [6, 6.07) is 0. The highest BCUT2D eigenvalue weighted by molar-refractivity contribution is 5.19. The molecule has 1 atom stereocenters. The second-order valence-corrected chi connectivity index (χ2v) is 5.62. The van der Waals surface area contributed by atoms with E-state index < -0.39 is 6.10 Å². The minimum Gasteiger partial charge on any atom is -0.505 e. The van der Waals surface area contributed by atoms with Gasteiger partial charge in [-0.3, -0.25) is 0 Å². The standard InChI is InChI=1S/C20H30N2O2/c1-3-5-7-9-10-12-13-15-18(23)17-20(24)19(22-21)16-14-11-8-6-4-2/h4,10-15,18,23H,2-3,5-9,16-17H2,1H3/p+1/b12-10+,14-11-,15-13+,20-19+. The summed E-state index contributed by atoms with van der Waals surface area (Å²) in [6.07, 6.45) is 18.9. The van der Waals surface area contributed by atoms with Crippen LogP contribution in [0.15, 0.2) is 60.6 Å². The molecule has 4 heteroatoms. The molecule has 0 heterocycles. The van der Waals surface area contributed by atoms with Crippen molar-refractivity contribution >= 4 is 0 Å². The molecule has 0 rings (SSSR count). The monoisotopic (exact) mass is 331 g/mol. The van der Waals surface area contributed by atoms with Gasteiger partial charge >= 0.3 is 5.70 Å². The van der Waals surface area contributed by atoms with E-state index in [0.29, 0.717) is 6.42 Å². The molecule has 0 bridgehead atoms. The lowest BCUT2D eigenvalue weighted by Gasteiger charge is -2.02. The molecule has 0 saturated heterocycles. The lowest BCUT2D eigenvalue weighted by Crippen LogP contribution is -2.04. The zero-order chi connectivity index (χ0) is 18.0. The number of hydrogen-bond acceptors (Lipinski definition) is 3. The van der Waals surface area contributed by atoms with Gasteiger partial charge in [-0.1, -0.05) is 62.3 Å². The van der Waals surface area contributed by atoms with E-state index in [0.717, 1.165) is 19.3 Å². The Morgan fingerprint density at radius 2 is 1.92 bits per heavy atom. The third-order valence-corrected chi connectivity index (χ3v) is 3.43.